The van der Waals surface area contributed by atoms with Crippen LogP contribution in [0, 0.1) is 0 Å². The van der Waals surface area contributed by atoms with Crippen LogP contribution in [-0.2, 0) is 11.2 Å². The third kappa shape index (κ3) is 3.79. The van der Waals surface area contributed by atoms with Crippen molar-refractivity contribution < 1.29 is 32.2 Å². The Morgan fingerprint density at radius 3 is 1.90 bits per heavy atom. The van der Waals surface area contributed by atoms with Crippen LogP contribution in [0.2, 0.25) is 0 Å². The lowest BCUT2D eigenvalue weighted by atomic mass is 10.1. The standard InChI is InChI=1S/C13H15F3O4/c1-18-9-6-8(4-5-11(17)13(14,15)16)7-10(19-2)12(9)20-3/h6-7H,4-5H2,1-3H3. The van der Waals surface area contributed by atoms with E-state index in [1.54, 1.807) is 0 Å². The average molecular weight is 292 g/mol. The van der Waals surface area contributed by atoms with Crippen molar-refractivity contribution in [3.8, 4) is 17.2 Å². The smallest absolute Gasteiger partial charge is 0.449 e. The molecule has 0 bridgehead atoms. The van der Waals surface area contributed by atoms with Gasteiger partial charge in [0.05, 0.1) is 21.3 Å². The summed E-state index contributed by atoms with van der Waals surface area (Å²) in [5, 5.41) is 0. The zero-order chi connectivity index (χ0) is 15.3. The number of halogens is 3. The fourth-order valence-electron chi connectivity index (χ4n) is 1.68. The monoisotopic (exact) mass is 292 g/mol. The second kappa shape index (κ2) is 6.49. The minimum absolute atomic E-state index is 0.0605. The molecule has 0 fully saturated rings. The van der Waals surface area contributed by atoms with Crippen LogP contribution in [0.3, 0.4) is 0 Å². The molecule has 0 saturated heterocycles. The van der Waals surface area contributed by atoms with Crippen molar-refractivity contribution in [3.63, 3.8) is 0 Å². The normalized spacial score (nSPS) is 11.1. The first-order valence-electron chi connectivity index (χ1n) is 5.72. The fourth-order valence-corrected chi connectivity index (χ4v) is 1.68. The molecular weight excluding hydrogens is 277 g/mol. The number of carbonyl (C=O) groups excluding carboxylic acids is 1. The SMILES string of the molecule is COc1cc(CCC(=O)C(F)(F)F)cc(OC)c1OC. The molecule has 0 unspecified atom stereocenters. The van der Waals surface area contributed by atoms with Gasteiger partial charge in [-0.2, -0.15) is 13.2 Å². The van der Waals surface area contributed by atoms with E-state index in [0.29, 0.717) is 22.8 Å². The van der Waals surface area contributed by atoms with Gasteiger partial charge in [0, 0.05) is 6.42 Å². The van der Waals surface area contributed by atoms with Crippen LogP contribution in [0.1, 0.15) is 12.0 Å². The summed E-state index contributed by atoms with van der Waals surface area (Å²) in [5.41, 5.74) is 0.497. The first-order chi connectivity index (χ1) is 9.33. The molecule has 0 amide bonds. The van der Waals surface area contributed by atoms with Gasteiger partial charge in [0.25, 0.3) is 0 Å². The molecule has 1 aromatic rings. The predicted molar refractivity (Wildman–Crippen MR) is 65.5 cm³/mol. The highest BCUT2D eigenvalue weighted by Crippen LogP contribution is 2.38. The molecule has 4 nitrogen and oxygen atoms in total. The van der Waals surface area contributed by atoms with Crippen molar-refractivity contribution in [2.75, 3.05) is 21.3 Å². The van der Waals surface area contributed by atoms with Crippen LogP contribution in [0.15, 0.2) is 12.1 Å². The van der Waals surface area contributed by atoms with Crippen LogP contribution in [0.25, 0.3) is 0 Å². The Balaban J connectivity index is 2.94. The first-order valence-corrected chi connectivity index (χ1v) is 5.72. The summed E-state index contributed by atoms with van der Waals surface area (Å²) in [6.45, 7) is 0. The maximum atomic E-state index is 12.1. The van der Waals surface area contributed by atoms with Gasteiger partial charge >= 0.3 is 6.18 Å². The van der Waals surface area contributed by atoms with Gasteiger partial charge in [0.1, 0.15) is 0 Å². The van der Waals surface area contributed by atoms with Gasteiger partial charge < -0.3 is 14.2 Å². The number of Topliss-reactive ketones (excluding diaryl/α,β-unsaturated/α-hetero) is 1. The van der Waals surface area contributed by atoms with Crippen LogP contribution in [0.4, 0.5) is 13.2 Å². The zero-order valence-electron chi connectivity index (χ0n) is 11.3. The third-order valence-electron chi connectivity index (χ3n) is 2.68. The van der Waals surface area contributed by atoms with E-state index in [1.165, 1.54) is 33.5 Å². The average Bonchev–Trinajstić information content (AvgIpc) is 2.42. The number of carbonyl (C=O) groups is 1. The van der Waals surface area contributed by atoms with Gasteiger partial charge in [0.15, 0.2) is 11.5 Å². The van der Waals surface area contributed by atoms with E-state index in [-0.39, 0.29) is 6.42 Å². The molecule has 0 radical (unpaired) electrons. The highest BCUT2D eigenvalue weighted by molar-refractivity contribution is 5.84. The Morgan fingerprint density at radius 1 is 1.05 bits per heavy atom. The van der Waals surface area contributed by atoms with Crippen molar-refractivity contribution in [2.45, 2.75) is 19.0 Å². The quantitative estimate of drug-likeness (QED) is 0.808. The Labute approximate surface area is 114 Å². The Morgan fingerprint density at radius 2 is 1.55 bits per heavy atom. The number of methoxy groups -OCH3 is 3. The number of rotatable bonds is 6. The lowest BCUT2D eigenvalue weighted by Gasteiger charge is -2.14. The van der Waals surface area contributed by atoms with Gasteiger partial charge in [-0.15, -0.1) is 0 Å². The molecule has 0 heterocycles. The van der Waals surface area contributed by atoms with Gasteiger partial charge in [-0.05, 0) is 24.1 Å². The molecule has 0 N–H and O–H groups in total. The van der Waals surface area contributed by atoms with Gasteiger partial charge in [-0.1, -0.05) is 0 Å². The maximum Gasteiger partial charge on any atom is 0.449 e. The molecule has 20 heavy (non-hydrogen) atoms. The third-order valence-corrected chi connectivity index (χ3v) is 2.68. The van der Waals surface area contributed by atoms with Crippen molar-refractivity contribution in [1.29, 1.82) is 0 Å². The molecule has 0 atom stereocenters. The van der Waals surface area contributed by atoms with Crippen LogP contribution in [-0.4, -0.2) is 33.3 Å². The van der Waals surface area contributed by atoms with Gasteiger partial charge in [-0.25, -0.2) is 0 Å². The highest BCUT2D eigenvalue weighted by atomic mass is 19.4. The van der Waals surface area contributed by atoms with Crippen LogP contribution in [0.5, 0.6) is 17.2 Å². The second-order valence-electron chi connectivity index (χ2n) is 3.95. The second-order valence-corrected chi connectivity index (χ2v) is 3.95. The zero-order valence-corrected chi connectivity index (χ0v) is 11.3. The Hall–Kier alpha value is -1.92. The largest absolute Gasteiger partial charge is 0.493 e. The summed E-state index contributed by atoms with van der Waals surface area (Å²) in [6.07, 6.45) is -5.49. The number of benzene rings is 1. The molecular formula is C13H15F3O4. The lowest BCUT2D eigenvalue weighted by molar-refractivity contribution is -0.171. The predicted octanol–water partition coefficient (Wildman–Crippen LogP) is 2.78. The van der Waals surface area contributed by atoms with E-state index in [2.05, 4.69) is 0 Å². The first kappa shape index (κ1) is 16.1. The Bertz CT molecular complexity index is 458. The summed E-state index contributed by atoms with van der Waals surface area (Å²) in [4.78, 5) is 10.9. The topological polar surface area (TPSA) is 44.8 Å². The molecule has 1 rings (SSSR count). The number of ketones is 1. The molecule has 0 spiro atoms. The number of aryl methyl sites for hydroxylation is 1. The molecule has 7 heteroatoms. The molecule has 0 aliphatic carbocycles. The summed E-state index contributed by atoms with van der Waals surface area (Å²) in [5.74, 6) is -0.741. The molecule has 0 aliphatic rings. The molecule has 1 aromatic carbocycles. The van der Waals surface area contributed by atoms with Crippen LogP contribution >= 0.6 is 0 Å². The van der Waals surface area contributed by atoms with Gasteiger partial charge in [-0.3, -0.25) is 4.79 Å². The van der Waals surface area contributed by atoms with E-state index in [0.717, 1.165) is 0 Å². The lowest BCUT2D eigenvalue weighted by Crippen LogP contribution is -2.22. The van der Waals surface area contributed by atoms with Crippen molar-refractivity contribution >= 4 is 5.78 Å². The summed E-state index contributed by atoms with van der Waals surface area (Å²) in [6, 6.07) is 3.04. The molecule has 112 valence electrons. The number of ether oxygens (including phenoxy) is 3. The van der Waals surface area contributed by atoms with E-state index >= 15 is 0 Å². The van der Waals surface area contributed by atoms with Crippen LogP contribution < -0.4 is 14.2 Å². The molecule has 0 aromatic heterocycles. The number of hydrogen-bond acceptors (Lipinski definition) is 4. The Kier molecular flexibility index (Phi) is 5.24. The van der Waals surface area contributed by atoms with Gasteiger partial charge in [0.2, 0.25) is 11.5 Å². The van der Waals surface area contributed by atoms with Crippen molar-refractivity contribution in [3.05, 3.63) is 17.7 Å². The number of alkyl halides is 3. The van der Waals surface area contributed by atoms with E-state index in [1.807, 2.05) is 0 Å². The summed E-state index contributed by atoms with van der Waals surface area (Å²) < 4.78 is 51.7. The fraction of sp³-hybridized carbons (Fsp3) is 0.462. The number of hydrogen-bond donors (Lipinski definition) is 0. The van der Waals surface area contributed by atoms with E-state index in [9.17, 15) is 18.0 Å². The minimum atomic E-state index is -4.80. The highest BCUT2D eigenvalue weighted by Gasteiger charge is 2.37. The molecule has 0 aliphatic heterocycles. The molecule has 0 saturated carbocycles. The van der Waals surface area contributed by atoms with Crippen molar-refractivity contribution in [2.24, 2.45) is 0 Å². The maximum absolute atomic E-state index is 12.1. The minimum Gasteiger partial charge on any atom is -0.493 e. The van der Waals surface area contributed by atoms with E-state index in [4.69, 9.17) is 14.2 Å². The summed E-state index contributed by atoms with van der Waals surface area (Å²) >= 11 is 0. The summed E-state index contributed by atoms with van der Waals surface area (Å²) in [7, 11) is 4.23. The van der Waals surface area contributed by atoms with E-state index < -0.39 is 18.4 Å². The van der Waals surface area contributed by atoms with Crippen molar-refractivity contribution in [1.82, 2.24) is 0 Å².